The summed E-state index contributed by atoms with van der Waals surface area (Å²) >= 11 is 3.62. The van der Waals surface area contributed by atoms with Gasteiger partial charge in [-0.15, -0.1) is 0 Å². The molecule has 3 amide bonds. The monoisotopic (exact) mass is 733 g/mol. The predicted molar refractivity (Wildman–Crippen MR) is 186 cm³/mol. The number of rotatable bonds is 6. The highest BCUT2D eigenvalue weighted by Gasteiger charge is 2.75. The molecule has 2 saturated heterocycles. The van der Waals surface area contributed by atoms with Gasteiger partial charge in [0.25, 0.3) is 0 Å². The lowest BCUT2D eigenvalue weighted by Crippen LogP contribution is -2.59. The fraction of sp³-hybridized carbons (Fsp3) is 0.474. The van der Waals surface area contributed by atoms with Crippen LogP contribution in [-0.2, 0) is 35.1 Å². The van der Waals surface area contributed by atoms with Crippen LogP contribution in [0, 0.1) is 11.8 Å². The van der Waals surface area contributed by atoms with Gasteiger partial charge in [0, 0.05) is 30.5 Å². The van der Waals surface area contributed by atoms with Gasteiger partial charge in [-0.25, -0.2) is 0 Å². The highest BCUT2D eigenvalue weighted by molar-refractivity contribution is 9.11. The number of benzene rings is 2. The van der Waals surface area contributed by atoms with Crippen LogP contribution in [0.1, 0.15) is 50.8 Å². The van der Waals surface area contributed by atoms with Gasteiger partial charge in [0.05, 0.1) is 24.6 Å². The largest absolute Gasteiger partial charge is 0.455 e. The number of likely N-dealkylation sites (tertiary alicyclic amines) is 1. The lowest BCUT2D eigenvalue weighted by atomic mass is 9.74. The molecule has 0 aliphatic carbocycles. The first-order valence-electron chi connectivity index (χ1n) is 17.0. The van der Waals surface area contributed by atoms with Crippen molar-refractivity contribution >= 4 is 39.6 Å². The van der Waals surface area contributed by atoms with Crippen molar-refractivity contribution in [2.75, 3.05) is 20.2 Å². The van der Waals surface area contributed by atoms with E-state index in [-0.39, 0.29) is 30.8 Å². The van der Waals surface area contributed by atoms with E-state index in [0.29, 0.717) is 22.9 Å². The van der Waals surface area contributed by atoms with E-state index in [1.165, 1.54) is 4.90 Å². The number of carbonyl (C=O) groups is 4. The van der Waals surface area contributed by atoms with E-state index in [9.17, 15) is 24.3 Å². The van der Waals surface area contributed by atoms with Crippen molar-refractivity contribution in [3.63, 3.8) is 0 Å². The first kappa shape index (κ1) is 35.0. The molecule has 260 valence electrons. The van der Waals surface area contributed by atoms with Crippen LogP contribution in [0.3, 0.4) is 0 Å². The van der Waals surface area contributed by atoms with Crippen LogP contribution < -0.4 is 0 Å². The van der Waals surface area contributed by atoms with Gasteiger partial charge in [-0.1, -0.05) is 88.7 Å². The zero-order valence-corrected chi connectivity index (χ0v) is 29.9. The molecule has 4 aliphatic heterocycles. The molecule has 0 unspecified atom stereocenters. The van der Waals surface area contributed by atoms with E-state index in [2.05, 4.69) is 15.9 Å². The Morgan fingerprint density at radius 1 is 0.959 bits per heavy atom. The molecule has 2 aromatic rings. The highest BCUT2D eigenvalue weighted by atomic mass is 79.9. The van der Waals surface area contributed by atoms with E-state index in [0.717, 1.165) is 5.56 Å². The molecule has 0 radical (unpaired) electrons. The second kappa shape index (κ2) is 14.2. The Balaban J connectivity index is 1.48. The molecule has 2 aromatic carbocycles. The van der Waals surface area contributed by atoms with Crippen molar-refractivity contribution in [3.8, 4) is 0 Å². The highest BCUT2D eigenvalue weighted by Crippen LogP contribution is 2.59. The van der Waals surface area contributed by atoms with Gasteiger partial charge in [-0.05, 0) is 50.8 Å². The zero-order chi connectivity index (χ0) is 35.0. The number of allylic oxidation sites excluding steroid dienone is 1. The number of halogens is 1. The summed E-state index contributed by atoms with van der Waals surface area (Å²) in [5.74, 6) is -3.70. The van der Waals surface area contributed by atoms with E-state index in [1.807, 2.05) is 93.6 Å². The van der Waals surface area contributed by atoms with Gasteiger partial charge in [-0.2, -0.15) is 0 Å². The molecule has 0 aromatic heterocycles. The number of aliphatic hydroxyl groups is 1. The van der Waals surface area contributed by atoms with Gasteiger partial charge in [0.2, 0.25) is 17.7 Å². The molecule has 4 aliphatic rings. The van der Waals surface area contributed by atoms with Crippen molar-refractivity contribution in [2.24, 2.45) is 11.8 Å². The molecule has 6 rings (SSSR count). The number of amides is 3. The summed E-state index contributed by atoms with van der Waals surface area (Å²) < 4.78 is 13.6. The van der Waals surface area contributed by atoms with Crippen LogP contribution in [0.4, 0.5) is 0 Å². The summed E-state index contributed by atoms with van der Waals surface area (Å²) in [5.41, 5.74) is 0.124. The van der Waals surface area contributed by atoms with Crippen LogP contribution >= 0.6 is 15.9 Å². The van der Waals surface area contributed by atoms with Crippen LogP contribution in [0.15, 0.2) is 83.4 Å². The summed E-state index contributed by atoms with van der Waals surface area (Å²) in [4.78, 5) is 62.3. The molecule has 5 bridgehead atoms. The second-order valence-corrected chi connectivity index (χ2v) is 14.6. The average molecular weight is 735 g/mol. The molecule has 1 N–H and O–H groups in total. The number of nitrogens with zero attached hydrogens (tertiary/aromatic N) is 3. The predicted octanol–water partition coefficient (Wildman–Crippen LogP) is 4.18. The zero-order valence-electron chi connectivity index (χ0n) is 28.3. The smallest absolute Gasteiger partial charge is 0.313 e. The number of hydrogen-bond acceptors (Lipinski definition) is 7. The van der Waals surface area contributed by atoms with Crippen LogP contribution in [-0.4, -0.2) is 99.6 Å². The number of likely N-dealkylation sites (N-methyl/N-ethyl adjacent to an activating group) is 1. The Kier molecular flexibility index (Phi) is 10.2. The minimum absolute atomic E-state index is 0.110. The quantitative estimate of drug-likeness (QED) is 0.350. The molecule has 4 heterocycles. The summed E-state index contributed by atoms with van der Waals surface area (Å²) in [6.45, 7) is 5.50. The molecule has 1 spiro atoms. The molecule has 49 heavy (non-hydrogen) atoms. The Morgan fingerprint density at radius 3 is 2.29 bits per heavy atom. The number of esters is 1. The topological polar surface area (TPSA) is 117 Å². The van der Waals surface area contributed by atoms with Crippen molar-refractivity contribution in [2.45, 2.75) is 82.0 Å². The van der Waals surface area contributed by atoms with E-state index in [4.69, 9.17) is 9.47 Å². The van der Waals surface area contributed by atoms with E-state index < -0.39 is 66.3 Å². The SMILES string of the molecule is CC(C)N1C/C=C\CCC(=O)N(C)[C@@H](C)[C@H](c2ccccc2)OC(=O)[C@H]2[C@@H]3O[C@@]4(C=C3Br)[C@@H]2C(=O)N([C@@H](CO)Cc2ccccc2)[C@@H]4C1=O. The summed E-state index contributed by atoms with van der Waals surface area (Å²) in [6, 6.07) is 16.1. The normalized spacial score (nSPS) is 32.0. The average Bonchev–Trinajstić information content (AvgIpc) is 3.70. The third kappa shape index (κ3) is 6.25. The fourth-order valence-electron chi connectivity index (χ4n) is 7.86. The minimum Gasteiger partial charge on any atom is -0.455 e. The molecule has 2 fully saturated rings. The number of fused-ring (bicyclic) bond motifs is 2. The van der Waals surface area contributed by atoms with Crippen molar-refractivity contribution in [1.82, 2.24) is 14.7 Å². The van der Waals surface area contributed by atoms with Gasteiger partial charge >= 0.3 is 5.97 Å². The van der Waals surface area contributed by atoms with Crippen molar-refractivity contribution in [3.05, 3.63) is 94.5 Å². The standard InChI is InChI=1S/C38H44BrN3O7/c1-23(2)41-19-13-7-12-18-29(44)40(4)24(3)32(26-16-10-6-11-17-26)48-37(47)30-31-35(45)42(27(22-43)20-25-14-8-5-9-15-25)34(36(41)46)38(31)21-28(39)33(30)49-38/h5-11,13-17,21,23-24,27,30-34,43H,12,18-20,22H2,1-4H3/b13-7-/t24-,27+,30+,31-,32+,33+,34+,38-/m0/s1. The van der Waals surface area contributed by atoms with Gasteiger partial charge < -0.3 is 29.3 Å². The Hall–Kier alpha value is -3.80. The number of cyclic esters (lactones) is 1. The van der Waals surface area contributed by atoms with E-state index in [1.54, 1.807) is 22.9 Å². The van der Waals surface area contributed by atoms with Crippen molar-refractivity contribution < 1.29 is 33.8 Å². The van der Waals surface area contributed by atoms with E-state index >= 15 is 0 Å². The number of ether oxygens (including phenoxy) is 2. The summed E-state index contributed by atoms with van der Waals surface area (Å²) in [7, 11) is 1.70. The first-order chi connectivity index (χ1) is 23.5. The lowest BCUT2D eigenvalue weighted by molar-refractivity contribution is -0.164. The molecule has 10 nitrogen and oxygen atoms in total. The van der Waals surface area contributed by atoms with Gasteiger partial charge in [-0.3, -0.25) is 19.2 Å². The Morgan fingerprint density at radius 2 is 1.63 bits per heavy atom. The van der Waals surface area contributed by atoms with Gasteiger partial charge in [0.15, 0.2) is 0 Å². The van der Waals surface area contributed by atoms with Crippen LogP contribution in [0.2, 0.25) is 0 Å². The van der Waals surface area contributed by atoms with Gasteiger partial charge in [0.1, 0.15) is 29.8 Å². The maximum atomic E-state index is 14.9. The summed E-state index contributed by atoms with van der Waals surface area (Å²) in [6.07, 6.45) is 4.85. The number of hydrogen-bond donors (Lipinski definition) is 1. The second-order valence-electron chi connectivity index (χ2n) is 13.7. The Labute approximate surface area is 295 Å². The van der Waals surface area contributed by atoms with Crippen LogP contribution in [0.5, 0.6) is 0 Å². The molecular formula is C38H44BrN3O7. The third-order valence-corrected chi connectivity index (χ3v) is 11.2. The summed E-state index contributed by atoms with van der Waals surface area (Å²) in [5, 5.41) is 10.8. The lowest BCUT2D eigenvalue weighted by Gasteiger charge is -2.40. The number of carbonyl (C=O) groups excluding carboxylic acids is 4. The Bertz CT molecular complexity index is 1630. The maximum Gasteiger partial charge on any atom is 0.313 e. The molecular weight excluding hydrogens is 690 g/mol. The molecule has 8 atom stereocenters. The minimum atomic E-state index is -1.48. The fourth-order valence-corrected chi connectivity index (χ4v) is 8.60. The molecule has 11 heteroatoms. The number of aliphatic hydroxyl groups excluding tert-OH is 1. The molecule has 0 saturated carbocycles. The maximum absolute atomic E-state index is 14.9. The van der Waals surface area contributed by atoms with Crippen molar-refractivity contribution in [1.29, 1.82) is 0 Å². The third-order valence-electron chi connectivity index (χ3n) is 10.5. The van der Waals surface area contributed by atoms with Crippen LogP contribution in [0.25, 0.3) is 0 Å². The first-order valence-corrected chi connectivity index (χ1v) is 17.8.